The number of rotatable bonds is 5. The van der Waals surface area contributed by atoms with E-state index in [4.69, 9.17) is 15.2 Å². The maximum atomic E-state index is 13.2. The predicted octanol–water partition coefficient (Wildman–Crippen LogP) is 5.23. The summed E-state index contributed by atoms with van der Waals surface area (Å²) in [6, 6.07) is 14.8. The van der Waals surface area contributed by atoms with E-state index >= 15 is 0 Å². The second kappa shape index (κ2) is 10.5. The van der Waals surface area contributed by atoms with Gasteiger partial charge in [-0.3, -0.25) is 4.90 Å². The minimum Gasteiger partial charge on any atom is -0.466 e. The number of nitrogens with zero attached hydrogens (tertiary/aromatic N) is 2. The van der Waals surface area contributed by atoms with E-state index in [2.05, 4.69) is 51.8 Å². The van der Waals surface area contributed by atoms with E-state index in [0.29, 0.717) is 20.2 Å². The summed E-state index contributed by atoms with van der Waals surface area (Å²) in [6.07, 6.45) is 0. The Hall–Kier alpha value is -3.09. The number of hydrogen-bond donors (Lipinski definition) is 1. The summed E-state index contributed by atoms with van der Waals surface area (Å²) < 4.78 is 11.3. The van der Waals surface area contributed by atoms with Crippen LogP contribution in [0.15, 0.2) is 74.1 Å². The summed E-state index contributed by atoms with van der Waals surface area (Å²) in [5.41, 5.74) is 8.58. The van der Waals surface area contributed by atoms with E-state index < -0.39 is 17.9 Å². The number of carbonyl (C=O) groups is 2. The molecule has 2 aromatic carbocycles. The van der Waals surface area contributed by atoms with E-state index in [1.54, 1.807) is 24.3 Å². The van der Waals surface area contributed by atoms with Gasteiger partial charge < -0.3 is 15.2 Å². The Morgan fingerprint density at radius 1 is 1.06 bits per heavy atom. The number of halogens is 2. The second-order valence-corrected chi connectivity index (χ2v) is 9.53. The third-order valence-corrected chi connectivity index (χ3v) is 6.75. The fourth-order valence-electron chi connectivity index (χ4n) is 3.88. The lowest BCUT2D eigenvalue weighted by molar-refractivity contribution is -0.139. The molecule has 0 aromatic heterocycles. The standard InChI is InChI=1S/C25H23Br2N3O4/c1-13(2)15-10-17(26)21(18(27)11-15)30-22(25(32)34-4)20(24(31)33-3)19(16(12-28)23(30)29)14-8-6-5-7-9-14/h5-11,13,19H,29H2,1-4H3. The Morgan fingerprint density at radius 2 is 1.62 bits per heavy atom. The van der Waals surface area contributed by atoms with Gasteiger partial charge in [-0.25, -0.2) is 9.59 Å². The minimum absolute atomic E-state index is 0.00287. The van der Waals surface area contributed by atoms with Crippen molar-refractivity contribution in [1.29, 1.82) is 5.26 Å². The zero-order valence-corrected chi connectivity index (χ0v) is 22.2. The first-order valence-electron chi connectivity index (χ1n) is 10.3. The van der Waals surface area contributed by atoms with E-state index in [0.717, 1.165) is 5.56 Å². The Kier molecular flexibility index (Phi) is 7.85. The zero-order valence-electron chi connectivity index (χ0n) is 19.1. The SMILES string of the molecule is COC(=O)C1=C(C(=O)OC)N(c2c(Br)cc(C(C)C)cc2Br)C(N)=C(C#N)C1c1ccccc1. The first-order valence-corrected chi connectivity index (χ1v) is 11.9. The van der Waals surface area contributed by atoms with Crippen LogP contribution in [0.3, 0.4) is 0 Å². The Balaban J connectivity index is 2.45. The zero-order chi connectivity index (χ0) is 25.2. The average molecular weight is 589 g/mol. The monoisotopic (exact) mass is 587 g/mol. The number of allylic oxidation sites excluding steroid dienone is 1. The molecular weight excluding hydrogens is 566 g/mol. The normalized spacial score (nSPS) is 15.9. The van der Waals surface area contributed by atoms with Crippen molar-refractivity contribution in [3.05, 3.63) is 85.2 Å². The molecule has 0 bridgehead atoms. The van der Waals surface area contributed by atoms with Gasteiger partial charge in [-0.1, -0.05) is 44.2 Å². The highest BCUT2D eigenvalue weighted by Gasteiger charge is 2.43. The molecule has 1 aliphatic heterocycles. The van der Waals surface area contributed by atoms with Crippen molar-refractivity contribution in [3.63, 3.8) is 0 Å². The number of ether oxygens (including phenoxy) is 2. The van der Waals surface area contributed by atoms with Gasteiger partial charge in [0, 0.05) is 8.95 Å². The van der Waals surface area contributed by atoms with Crippen molar-refractivity contribution >= 4 is 49.5 Å². The number of anilines is 1. The van der Waals surface area contributed by atoms with Crippen LogP contribution in [0.1, 0.15) is 36.8 Å². The molecule has 2 aromatic rings. The number of nitriles is 1. The predicted molar refractivity (Wildman–Crippen MR) is 135 cm³/mol. The maximum Gasteiger partial charge on any atom is 0.355 e. The van der Waals surface area contributed by atoms with Crippen molar-refractivity contribution in [1.82, 2.24) is 0 Å². The molecule has 176 valence electrons. The third kappa shape index (κ3) is 4.48. The van der Waals surface area contributed by atoms with Gasteiger partial charge in [-0.05, 0) is 61.0 Å². The molecule has 0 fully saturated rings. The van der Waals surface area contributed by atoms with Crippen molar-refractivity contribution in [2.45, 2.75) is 25.7 Å². The van der Waals surface area contributed by atoms with Crippen LogP contribution in [-0.2, 0) is 19.1 Å². The maximum absolute atomic E-state index is 13.2. The fourth-order valence-corrected chi connectivity index (χ4v) is 5.45. The molecule has 1 unspecified atom stereocenters. The molecule has 9 heteroatoms. The largest absolute Gasteiger partial charge is 0.466 e. The molecule has 0 aliphatic carbocycles. The summed E-state index contributed by atoms with van der Waals surface area (Å²) >= 11 is 7.16. The molecule has 2 N–H and O–H groups in total. The van der Waals surface area contributed by atoms with Crippen LogP contribution in [0, 0.1) is 11.3 Å². The van der Waals surface area contributed by atoms with E-state index in [1.165, 1.54) is 19.1 Å². The summed E-state index contributed by atoms with van der Waals surface area (Å²) in [6.45, 7) is 4.10. The van der Waals surface area contributed by atoms with E-state index in [9.17, 15) is 14.9 Å². The van der Waals surface area contributed by atoms with Gasteiger partial charge in [0.1, 0.15) is 11.5 Å². The lowest BCUT2D eigenvalue weighted by Crippen LogP contribution is -2.41. The average Bonchev–Trinajstić information content (AvgIpc) is 2.83. The smallest absolute Gasteiger partial charge is 0.355 e. The lowest BCUT2D eigenvalue weighted by Gasteiger charge is -2.37. The van der Waals surface area contributed by atoms with Gasteiger partial charge in [0.15, 0.2) is 0 Å². The quantitative estimate of drug-likeness (QED) is 0.477. The summed E-state index contributed by atoms with van der Waals surface area (Å²) in [5, 5.41) is 10.1. The van der Waals surface area contributed by atoms with Crippen LogP contribution in [0.5, 0.6) is 0 Å². The van der Waals surface area contributed by atoms with Gasteiger partial charge in [-0.15, -0.1) is 0 Å². The van der Waals surface area contributed by atoms with Crippen LogP contribution in [0.2, 0.25) is 0 Å². The summed E-state index contributed by atoms with van der Waals surface area (Å²) in [4.78, 5) is 27.7. The molecular formula is C25H23Br2N3O4. The highest BCUT2D eigenvalue weighted by atomic mass is 79.9. The van der Waals surface area contributed by atoms with E-state index in [1.807, 2.05) is 18.2 Å². The van der Waals surface area contributed by atoms with Gasteiger partial charge in [0.05, 0.1) is 43.0 Å². The molecule has 1 atom stereocenters. The number of carbonyl (C=O) groups excluding carboxylic acids is 2. The van der Waals surface area contributed by atoms with Crippen LogP contribution in [-0.4, -0.2) is 26.2 Å². The molecule has 0 saturated heterocycles. The van der Waals surface area contributed by atoms with Crippen molar-refractivity contribution < 1.29 is 19.1 Å². The lowest BCUT2D eigenvalue weighted by atomic mass is 9.81. The van der Waals surface area contributed by atoms with Crippen molar-refractivity contribution in [2.24, 2.45) is 5.73 Å². The highest BCUT2D eigenvalue weighted by Crippen LogP contribution is 2.47. The molecule has 1 heterocycles. The molecule has 3 rings (SSSR count). The third-order valence-electron chi connectivity index (χ3n) is 5.54. The molecule has 0 amide bonds. The van der Waals surface area contributed by atoms with Crippen LogP contribution in [0.4, 0.5) is 5.69 Å². The van der Waals surface area contributed by atoms with Gasteiger partial charge >= 0.3 is 11.9 Å². The number of esters is 2. The minimum atomic E-state index is -0.920. The van der Waals surface area contributed by atoms with Gasteiger partial charge in [0.25, 0.3) is 0 Å². The molecule has 1 aliphatic rings. The molecule has 0 radical (unpaired) electrons. The Labute approximate surface area is 215 Å². The molecule has 7 nitrogen and oxygen atoms in total. The van der Waals surface area contributed by atoms with Gasteiger partial charge in [0.2, 0.25) is 0 Å². The fraction of sp³-hybridized carbons (Fsp3) is 0.240. The molecule has 0 saturated carbocycles. The van der Waals surface area contributed by atoms with Crippen LogP contribution < -0.4 is 10.6 Å². The first kappa shape index (κ1) is 25.5. The molecule has 34 heavy (non-hydrogen) atoms. The Bertz CT molecular complexity index is 1220. The van der Waals surface area contributed by atoms with Crippen LogP contribution >= 0.6 is 31.9 Å². The number of benzene rings is 2. The van der Waals surface area contributed by atoms with Crippen molar-refractivity contribution in [3.8, 4) is 6.07 Å². The highest BCUT2D eigenvalue weighted by molar-refractivity contribution is 9.11. The number of nitrogens with two attached hydrogens (primary N) is 1. The van der Waals surface area contributed by atoms with Crippen LogP contribution in [0.25, 0.3) is 0 Å². The molecule has 0 spiro atoms. The number of hydrogen-bond acceptors (Lipinski definition) is 7. The second-order valence-electron chi connectivity index (χ2n) is 7.82. The summed E-state index contributed by atoms with van der Waals surface area (Å²) in [7, 11) is 2.43. The van der Waals surface area contributed by atoms with Gasteiger partial charge in [-0.2, -0.15) is 5.26 Å². The first-order chi connectivity index (χ1) is 16.2. The van der Waals surface area contributed by atoms with E-state index in [-0.39, 0.29) is 28.6 Å². The Morgan fingerprint density at radius 3 is 2.09 bits per heavy atom. The topological polar surface area (TPSA) is 106 Å². The number of methoxy groups -OCH3 is 2. The summed E-state index contributed by atoms with van der Waals surface area (Å²) in [5.74, 6) is -2.26. The van der Waals surface area contributed by atoms with Crippen molar-refractivity contribution in [2.75, 3.05) is 19.1 Å².